The summed E-state index contributed by atoms with van der Waals surface area (Å²) in [6.45, 7) is 0. The van der Waals surface area contributed by atoms with Crippen LogP contribution >= 0.6 is 0 Å². The summed E-state index contributed by atoms with van der Waals surface area (Å²) in [5, 5.41) is 6.40. The fourth-order valence-electron chi connectivity index (χ4n) is 0.334. The van der Waals surface area contributed by atoms with E-state index < -0.39 is 5.91 Å². The summed E-state index contributed by atoms with van der Waals surface area (Å²) in [7, 11) is 0. The molecule has 9 heavy (non-hydrogen) atoms. The fraction of sp³-hybridized carbons (Fsp3) is 0. The van der Waals surface area contributed by atoms with Crippen molar-refractivity contribution in [1.82, 2.24) is 10.2 Å². The van der Waals surface area contributed by atoms with Gasteiger partial charge in [-0.2, -0.15) is 0 Å². The van der Waals surface area contributed by atoms with Gasteiger partial charge in [0.25, 0.3) is 0 Å². The van der Waals surface area contributed by atoms with Crippen molar-refractivity contribution >= 4 is 11.9 Å². The molecular weight excluding hydrogens is 124 g/mol. The molecule has 0 aliphatic rings. The fourth-order valence-corrected chi connectivity index (χ4v) is 0.334. The molecule has 1 heterocycles. The van der Waals surface area contributed by atoms with Crippen LogP contribution in [0.4, 0.5) is 6.01 Å². The summed E-state index contributed by atoms with van der Waals surface area (Å²) < 4.78 is 4.43. The standard InChI is InChI=1S/C3H4N4O2/c4-1(8)2-6-7-3(5)9-2/h(H2,4,8)(H2,5,7). The van der Waals surface area contributed by atoms with Gasteiger partial charge in [-0.05, 0) is 0 Å². The molecule has 6 heteroatoms. The summed E-state index contributed by atoms with van der Waals surface area (Å²) in [6, 6.07) is -0.163. The Morgan fingerprint density at radius 2 is 2.22 bits per heavy atom. The number of amides is 1. The van der Waals surface area contributed by atoms with Crippen molar-refractivity contribution in [3.8, 4) is 0 Å². The van der Waals surface area contributed by atoms with Gasteiger partial charge in [0.15, 0.2) is 0 Å². The minimum atomic E-state index is -0.779. The van der Waals surface area contributed by atoms with E-state index >= 15 is 0 Å². The summed E-state index contributed by atoms with van der Waals surface area (Å²) >= 11 is 0. The molecule has 0 atom stereocenters. The number of nitrogen functional groups attached to an aromatic ring is 1. The molecule has 0 spiro atoms. The highest BCUT2D eigenvalue weighted by molar-refractivity contribution is 5.87. The quantitative estimate of drug-likeness (QED) is 0.491. The second-order valence-electron chi connectivity index (χ2n) is 1.31. The Labute approximate surface area is 49.8 Å². The third-order valence-corrected chi connectivity index (χ3v) is 0.651. The Bertz CT molecular complexity index is 229. The molecule has 0 aliphatic heterocycles. The highest BCUT2D eigenvalue weighted by atomic mass is 16.4. The van der Waals surface area contributed by atoms with E-state index in [0.717, 1.165) is 0 Å². The summed E-state index contributed by atoms with van der Waals surface area (Å²) in [5.41, 5.74) is 9.70. The van der Waals surface area contributed by atoms with Gasteiger partial charge in [0.1, 0.15) is 0 Å². The highest BCUT2D eigenvalue weighted by Crippen LogP contribution is 1.97. The average molecular weight is 128 g/mol. The smallest absolute Gasteiger partial charge is 0.313 e. The van der Waals surface area contributed by atoms with Gasteiger partial charge >= 0.3 is 17.8 Å². The van der Waals surface area contributed by atoms with Crippen LogP contribution in [0.5, 0.6) is 0 Å². The molecule has 0 unspecified atom stereocenters. The van der Waals surface area contributed by atoms with Crippen molar-refractivity contribution in [2.24, 2.45) is 5.73 Å². The lowest BCUT2D eigenvalue weighted by Crippen LogP contribution is -2.10. The highest BCUT2D eigenvalue weighted by Gasteiger charge is 2.07. The number of anilines is 1. The molecule has 6 nitrogen and oxygen atoms in total. The summed E-state index contributed by atoms with van der Waals surface area (Å²) in [4.78, 5) is 10.2. The van der Waals surface area contributed by atoms with Crippen LogP contribution in [0.15, 0.2) is 4.42 Å². The normalized spacial score (nSPS) is 9.33. The molecule has 0 radical (unpaired) electrons. The predicted octanol–water partition coefficient (Wildman–Crippen LogP) is -1.25. The van der Waals surface area contributed by atoms with E-state index in [2.05, 4.69) is 14.6 Å². The van der Waals surface area contributed by atoms with E-state index in [1.165, 1.54) is 0 Å². The van der Waals surface area contributed by atoms with E-state index in [1.54, 1.807) is 0 Å². The minimum Gasteiger partial charge on any atom is -0.399 e. The SMILES string of the molecule is NC(=O)c1nnc(N)o1. The Morgan fingerprint density at radius 1 is 1.56 bits per heavy atom. The Hall–Kier alpha value is -1.59. The van der Waals surface area contributed by atoms with Gasteiger partial charge in [0.05, 0.1) is 0 Å². The number of rotatable bonds is 1. The zero-order valence-corrected chi connectivity index (χ0v) is 4.37. The molecule has 1 amide bonds. The molecule has 0 aromatic carbocycles. The first kappa shape index (κ1) is 5.54. The van der Waals surface area contributed by atoms with E-state index in [9.17, 15) is 4.79 Å². The lowest BCUT2D eigenvalue weighted by molar-refractivity contribution is 0.0968. The van der Waals surface area contributed by atoms with Gasteiger partial charge in [-0.25, -0.2) is 0 Å². The molecule has 0 bridgehead atoms. The molecule has 48 valence electrons. The van der Waals surface area contributed by atoms with Crippen LogP contribution in [-0.4, -0.2) is 16.1 Å². The number of aromatic nitrogens is 2. The van der Waals surface area contributed by atoms with E-state index in [4.69, 9.17) is 11.5 Å². The number of hydrogen-bond acceptors (Lipinski definition) is 5. The Kier molecular flexibility index (Phi) is 1.07. The maximum absolute atomic E-state index is 10.2. The molecule has 0 aliphatic carbocycles. The molecule has 1 aromatic heterocycles. The Morgan fingerprint density at radius 3 is 2.44 bits per heavy atom. The van der Waals surface area contributed by atoms with Gasteiger partial charge in [-0.3, -0.25) is 4.79 Å². The monoisotopic (exact) mass is 128 g/mol. The molecule has 1 rings (SSSR count). The van der Waals surface area contributed by atoms with Crippen molar-refractivity contribution in [2.45, 2.75) is 0 Å². The van der Waals surface area contributed by atoms with Crippen molar-refractivity contribution in [3.63, 3.8) is 0 Å². The zero-order chi connectivity index (χ0) is 6.85. The maximum Gasteiger partial charge on any atom is 0.313 e. The van der Waals surface area contributed by atoms with Crippen LogP contribution in [0.2, 0.25) is 0 Å². The van der Waals surface area contributed by atoms with Crippen molar-refractivity contribution < 1.29 is 9.21 Å². The molecular formula is C3H4N4O2. The molecule has 0 saturated carbocycles. The third-order valence-electron chi connectivity index (χ3n) is 0.651. The van der Waals surface area contributed by atoms with Gasteiger partial charge in [0, 0.05) is 0 Å². The van der Waals surface area contributed by atoms with Crippen LogP contribution < -0.4 is 11.5 Å². The van der Waals surface area contributed by atoms with Gasteiger partial charge < -0.3 is 15.9 Å². The molecule has 0 fully saturated rings. The van der Waals surface area contributed by atoms with Crippen LogP contribution in [0.1, 0.15) is 10.7 Å². The topological polar surface area (TPSA) is 108 Å². The first-order valence-electron chi connectivity index (χ1n) is 2.09. The van der Waals surface area contributed by atoms with Gasteiger partial charge in [-0.1, -0.05) is 5.10 Å². The van der Waals surface area contributed by atoms with E-state index in [0.29, 0.717) is 0 Å². The first-order chi connectivity index (χ1) is 4.20. The number of hydrogen-bond donors (Lipinski definition) is 2. The van der Waals surface area contributed by atoms with Crippen molar-refractivity contribution in [2.75, 3.05) is 5.73 Å². The number of primary amides is 1. The van der Waals surface area contributed by atoms with Crippen LogP contribution in [0.25, 0.3) is 0 Å². The van der Waals surface area contributed by atoms with Gasteiger partial charge in [-0.15, -0.1) is 5.10 Å². The number of nitrogens with two attached hydrogens (primary N) is 2. The molecule has 1 aromatic rings. The maximum atomic E-state index is 10.2. The number of carbonyl (C=O) groups excluding carboxylic acids is 1. The average Bonchev–Trinajstić information content (AvgIpc) is 2.14. The Balaban J connectivity index is 2.98. The second kappa shape index (κ2) is 1.73. The number of carbonyl (C=O) groups is 1. The van der Waals surface area contributed by atoms with E-state index in [1.807, 2.05) is 0 Å². The van der Waals surface area contributed by atoms with Crippen LogP contribution in [-0.2, 0) is 0 Å². The van der Waals surface area contributed by atoms with Crippen LogP contribution in [0, 0.1) is 0 Å². The molecule has 4 N–H and O–H groups in total. The number of nitrogens with zero attached hydrogens (tertiary/aromatic N) is 2. The zero-order valence-electron chi connectivity index (χ0n) is 4.37. The minimum absolute atomic E-state index is 0.163. The predicted molar refractivity (Wildman–Crippen MR) is 27.2 cm³/mol. The summed E-state index contributed by atoms with van der Waals surface area (Å²) in [5.74, 6) is -1.05. The first-order valence-corrected chi connectivity index (χ1v) is 2.09. The third kappa shape index (κ3) is 0.958. The van der Waals surface area contributed by atoms with Crippen molar-refractivity contribution in [1.29, 1.82) is 0 Å². The van der Waals surface area contributed by atoms with Gasteiger partial charge in [0.2, 0.25) is 0 Å². The molecule has 0 saturated heterocycles. The van der Waals surface area contributed by atoms with Crippen molar-refractivity contribution in [3.05, 3.63) is 5.89 Å². The van der Waals surface area contributed by atoms with E-state index in [-0.39, 0.29) is 11.9 Å². The largest absolute Gasteiger partial charge is 0.399 e. The van der Waals surface area contributed by atoms with Crippen LogP contribution in [0.3, 0.4) is 0 Å². The lowest BCUT2D eigenvalue weighted by Gasteiger charge is -1.78. The second-order valence-corrected chi connectivity index (χ2v) is 1.31. The summed E-state index contributed by atoms with van der Waals surface area (Å²) in [6.07, 6.45) is 0. The lowest BCUT2D eigenvalue weighted by atomic mass is 10.6.